The highest BCUT2D eigenvalue weighted by Gasteiger charge is 2.72. The second kappa shape index (κ2) is 10.6. The number of hydrogen-bond acceptors (Lipinski definition) is 9. The smallest absolute Gasteiger partial charge is 0.230 e. The van der Waals surface area contributed by atoms with Gasteiger partial charge < -0.3 is 19.7 Å². The van der Waals surface area contributed by atoms with E-state index in [9.17, 15) is 34.2 Å². The van der Waals surface area contributed by atoms with Crippen LogP contribution in [-0.4, -0.2) is 44.9 Å². The normalized spacial score (nSPS) is 29.7. The zero-order valence-corrected chi connectivity index (χ0v) is 30.9. The lowest BCUT2D eigenvalue weighted by Gasteiger charge is -2.58. The first-order valence-corrected chi connectivity index (χ1v) is 17.2. The van der Waals surface area contributed by atoms with Crippen LogP contribution in [0.15, 0.2) is 11.3 Å². The van der Waals surface area contributed by atoms with Gasteiger partial charge in [0.05, 0.1) is 27.6 Å². The van der Waals surface area contributed by atoms with E-state index < -0.39 is 74.1 Å². The molecule has 1 aromatic carbocycles. The molecule has 1 saturated carbocycles. The molecule has 2 aliphatic carbocycles. The van der Waals surface area contributed by atoms with Gasteiger partial charge in [0.2, 0.25) is 5.79 Å². The third-order valence-corrected chi connectivity index (χ3v) is 11.6. The summed E-state index contributed by atoms with van der Waals surface area (Å²) in [5.74, 6) is -8.50. The van der Waals surface area contributed by atoms with Gasteiger partial charge in [0.15, 0.2) is 28.9 Å². The second-order valence-corrected chi connectivity index (χ2v) is 17.7. The number of aliphatic hydroxyl groups is 1. The molecule has 262 valence electrons. The zero-order valence-electron chi connectivity index (χ0n) is 30.9. The van der Waals surface area contributed by atoms with Crippen molar-refractivity contribution >= 4 is 28.9 Å². The number of phenols is 1. The summed E-state index contributed by atoms with van der Waals surface area (Å²) in [7, 11) is 0. The maximum atomic E-state index is 14.5. The number of carbonyl (C=O) groups excluding carboxylic acids is 5. The molecule has 2 N–H and O–H groups in total. The van der Waals surface area contributed by atoms with E-state index >= 15 is 0 Å². The minimum atomic E-state index is -2.37. The number of Topliss-reactive ketones (excluding diaryl/α,β-unsaturated/α-hetero) is 5. The van der Waals surface area contributed by atoms with E-state index in [1.165, 1.54) is 0 Å². The fourth-order valence-electron chi connectivity index (χ4n) is 9.06. The van der Waals surface area contributed by atoms with Crippen LogP contribution >= 0.6 is 0 Å². The molecule has 0 saturated heterocycles. The molecule has 2 heterocycles. The van der Waals surface area contributed by atoms with Gasteiger partial charge in [0.25, 0.3) is 0 Å². The van der Waals surface area contributed by atoms with Crippen molar-refractivity contribution in [3.63, 3.8) is 0 Å². The van der Waals surface area contributed by atoms with Crippen LogP contribution in [0.25, 0.3) is 0 Å². The maximum absolute atomic E-state index is 14.5. The van der Waals surface area contributed by atoms with E-state index in [0.29, 0.717) is 5.56 Å². The standard InChI is InChI=1S/C39H52O9/c1-16(2)15-19(40)22-27(41)23-20(17(3)4)25-30(42)35(7,8)33(44)37(11,12)32(25)47-28(23)24-21(18(5)6)26-31(43)36(9,10)34(45)38(13,14)39(26,46)48-29(22)24/h16-18,20-21,26,41,46H,15H2,1-14H3. The zero-order chi connectivity index (χ0) is 36.6. The summed E-state index contributed by atoms with van der Waals surface area (Å²) in [6.45, 7) is 24.1. The number of aromatic hydroxyl groups is 1. The van der Waals surface area contributed by atoms with E-state index in [4.69, 9.17) is 9.47 Å². The molecule has 2 aliphatic heterocycles. The van der Waals surface area contributed by atoms with Crippen molar-refractivity contribution in [2.75, 3.05) is 0 Å². The number of phenolic OH excluding ortho intramolecular Hbond substituents is 1. The molecule has 4 atom stereocenters. The van der Waals surface area contributed by atoms with E-state index in [1.54, 1.807) is 55.4 Å². The third-order valence-electron chi connectivity index (χ3n) is 11.6. The van der Waals surface area contributed by atoms with Gasteiger partial charge in [0, 0.05) is 35.0 Å². The van der Waals surface area contributed by atoms with Crippen molar-refractivity contribution in [1.29, 1.82) is 0 Å². The molecule has 9 heteroatoms. The molecule has 0 amide bonds. The Morgan fingerprint density at radius 2 is 1.33 bits per heavy atom. The number of rotatable bonds is 5. The summed E-state index contributed by atoms with van der Waals surface area (Å²) in [6.07, 6.45) is 0.0271. The van der Waals surface area contributed by atoms with Crippen LogP contribution in [0, 0.1) is 45.3 Å². The first kappa shape index (κ1) is 36.0. The van der Waals surface area contributed by atoms with Crippen LogP contribution in [0.5, 0.6) is 17.2 Å². The monoisotopic (exact) mass is 664 g/mol. The molecule has 4 aliphatic rings. The number of hydrogen-bond donors (Lipinski definition) is 2. The molecule has 1 aromatic rings. The Hall–Kier alpha value is -3.33. The number of allylic oxidation sites excluding steroid dienone is 2. The molecule has 9 nitrogen and oxygen atoms in total. The Kier molecular flexibility index (Phi) is 7.93. The molecule has 5 rings (SSSR count). The van der Waals surface area contributed by atoms with Crippen LogP contribution < -0.4 is 9.47 Å². The van der Waals surface area contributed by atoms with Crippen LogP contribution in [0.4, 0.5) is 0 Å². The lowest BCUT2D eigenvalue weighted by Crippen LogP contribution is -2.72. The molecule has 4 unspecified atom stereocenters. The van der Waals surface area contributed by atoms with Gasteiger partial charge in [-0.1, -0.05) is 41.5 Å². The van der Waals surface area contributed by atoms with Gasteiger partial charge in [-0.2, -0.15) is 0 Å². The number of carbonyl (C=O) groups is 5. The second-order valence-electron chi connectivity index (χ2n) is 17.7. The minimum absolute atomic E-state index is 0.0271. The Labute approximate surface area is 283 Å². The molecule has 0 bridgehead atoms. The Balaban J connectivity index is 1.99. The summed E-state index contributed by atoms with van der Waals surface area (Å²) in [6, 6.07) is 0. The molecule has 0 spiro atoms. The summed E-state index contributed by atoms with van der Waals surface area (Å²) in [5, 5.41) is 24.9. The molecule has 48 heavy (non-hydrogen) atoms. The van der Waals surface area contributed by atoms with Gasteiger partial charge >= 0.3 is 0 Å². The van der Waals surface area contributed by atoms with Crippen molar-refractivity contribution in [3.05, 3.63) is 28.0 Å². The number of benzene rings is 1. The molecule has 0 aromatic heterocycles. The van der Waals surface area contributed by atoms with Gasteiger partial charge in [-0.15, -0.1) is 0 Å². The number of fused-ring (bicyclic) bond motifs is 4. The molecular weight excluding hydrogens is 612 g/mol. The maximum Gasteiger partial charge on any atom is 0.230 e. The summed E-state index contributed by atoms with van der Waals surface area (Å²) in [4.78, 5) is 70.7. The van der Waals surface area contributed by atoms with Gasteiger partial charge in [-0.3, -0.25) is 24.0 Å². The summed E-state index contributed by atoms with van der Waals surface area (Å²) in [5.41, 5.74) is -5.03. The van der Waals surface area contributed by atoms with Crippen molar-refractivity contribution in [1.82, 2.24) is 0 Å². The average molecular weight is 665 g/mol. The van der Waals surface area contributed by atoms with E-state index in [2.05, 4.69) is 0 Å². The van der Waals surface area contributed by atoms with Crippen molar-refractivity contribution in [3.8, 4) is 17.2 Å². The van der Waals surface area contributed by atoms with Crippen LogP contribution in [0.1, 0.15) is 137 Å². The lowest BCUT2D eigenvalue weighted by molar-refractivity contribution is -0.264. The van der Waals surface area contributed by atoms with Crippen molar-refractivity contribution in [2.45, 2.75) is 121 Å². The highest BCUT2D eigenvalue weighted by Crippen LogP contribution is 2.66. The van der Waals surface area contributed by atoms with Crippen LogP contribution in [0.2, 0.25) is 0 Å². The van der Waals surface area contributed by atoms with E-state index in [1.807, 2.05) is 41.5 Å². The quantitative estimate of drug-likeness (QED) is 0.255. The topological polar surface area (TPSA) is 144 Å². The van der Waals surface area contributed by atoms with Crippen LogP contribution in [0.3, 0.4) is 0 Å². The summed E-state index contributed by atoms with van der Waals surface area (Å²) < 4.78 is 13.2. The fraction of sp³-hybridized carbons (Fsp3) is 0.667. The van der Waals surface area contributed by atoms with Crippen LogP contribution in [-0.2, 0) is 19.2 Å². The van der Waals surface area contributed by atoms with Crippen molar-refractivity contribution in [2.24, 2.45) is 45.3 Å². The first-order chi connectivity index (χ1) is 21.7. The third kappa shape index (κ3) is 4.34. The Bertz CT molecular complexity index is 1710. The number of ether oxygens (including phenoxy) is 2. The largest absolute Gasteiger partial charge is 0.507 e. The average Bonchev–Trinajstić information content (AvgIpc) is 2.95. The van der Waals surface area contributed by atoms with E-state index in [-0.39, 0.29) is 63.9 Å². The highest BCUT2D eigenvalue weighted by atomic mass is 16.6. The Morgan fingerprint density at radius 3 is 1.83 bits per heavy atom. The predicted molar refractivity (Wildman–Crippen MR) is 179 cm³/mol. The SMILES string of the molecule is CC(C)CC(=O)c1c(O)c2c(c3c1OC1(O)C(C(=O)C(C)(C)C(=O)C1(C)C)C3C(C)C)OC1=C(C(=O)C(C)(C)C(=O)C1(C)C)C2C(C)C. The predicted octanol–water partition coefficient (Wildman–Crippen LogP) is 6.85. The fourth-order valence-corrected chi connectivity index (χ4v) is 9.06. The molecular formula is C39H52O9. The van der Waals surface area contributed by atoms with Crippen molar-refractivity contribution < 1.29 is 43.7 Å². The van der Waals surface area contributed by atoms with Gasteiger partial charge in [-0.05, 0) is 73.1 Å². The number of ketones is 5. The van der Waals surface area contributed by atoms with Gasteiger partial charge in [-0.25, -0.2) is 0 Å². The first-order valence-electron chi connectivity index (χ1n) is 17.2. The minimum Gasteiger partial charge on any atom is -0.507 e. The Morgan fingerprint density at radius 1 is 0.771 bits per heavy atom. The molecule has 0 radical (unpaired) electrons. The van der Waals surface area contributed by atoms with Gasteiger partial charge in [0.1, 0.15) is 28.6 Å². The molecule has 1 fully saturated rings. The summed E-state index contributed by atoms with van der Waals surface area (Å²) >= 11 is 0. The van der Waals surface area contributed by atoms with E-state index in [0.717, 1.165) is 0 Å². The highest BCUT2D eigenvalue weighted by molar-refractivity contribution is 6.20. The lowest BCUT2D eigenvalue weighted by atomic mass is 9.51.